The van der Waals surface area contributed by atoms with Crippen LogP contribution in [0.3, 0.4) is 0 Å². The summed E-state index contributed by atoms with van der Waals surface area (Å²) in [6, 6.07) is 4.80. The molecule has 3 aliphatic heterocycles. The monoisotopic (exact) mass is 342 g/mol. The molecule has 0 radical (unpaired) electrons. The van der Waals surface area contributed by atoms with E-state index in [0.29, 0.717) is 11.9 Å². The maximum absolute atomic E-state index is 13.3. The molecule has 0 unspecified atom stereocenters. The highest BCUT2D eigenvalue weighted by molar-refractivity contribution is 5.82. The fourth-order valence-corrected chi connectivity index (χ4v) is 4.80. The fraction of sp³-hybridized carbons (Fsp3) is 0.700. The number of amides is 1. The SMILES string of the molecule is O=C([C@@H]1CCCCN1Cc1ccncc1)N1CCCN2CCC[C@@H]2C1. The Bertz CT molecular complexity index is 578. The lowest BCUT2D eigenvalue weighted by Crippen LogP contribution is -2.52. The van der Waals surface area contributed by atoms with E-state index in [1.54, 1.807) is 0 Å². The standard InChI is InChI=1S/C20H30N4O/c25-20(24-14-4-13-22-12-3-5-18(22)16-24)19-6-1-2-11-23(19)15-17-7-9-21-10-8-17/h7-10,18-19H,1-6,11-16H2/t18-,19+/m1/s1. The second-order valence-electron chi connectivity index (χ2n) is 7.81. The van der Waals surface area contributed by atoms with E-state index in [1.807, 2.05) is 12.4 Å². The maximum atomic E-state index is 13.3. The topological polar surface area (TPSA) is 39.7 Å². The van der Waals surface area contributed by atoms with Gasteiger partial charge in [-0.1, -0.05) is 6.42 Å². The van der Waals surface area contributed by atoms with E-state index in [4.69, 9.17) is 0 Å². The number of rotatable bonds is 3. The molecule has 0 aliphatic carbocycles. The van der Waals surface area contributed by atoms with Gasteiger partial charge in [0.1, 0.15) is 0 Å². The van der Waals surface area contributed by atoms with Crippen LogP contribution in [0.25, 0.3) is 0 Å². The molecule has 0 aromatic carbocycles. The van der Waals surface area contributed by atoms with Gasteiger partial charge in [-0.25, -0.2) is 0 Å². The third-order valence-electron chi connectivity index (χ3n) is 6.15. The summed E-state index contributed by atoms with van der Waals surface area (Å²) in [7, 11) is 0. The van der Waals surface area contributed by atoms with Gasteiger partial charge < -0.3 is 4.90 Å². The second-order valence-corrected chi connectivity index (χ2v) is 7.81. The van der Waals surface area contributed by atoms with Crippen LogP contribution >= 0.6 is 0 Å². The summed E-state index contributed by atoms with van der Waals surface area (Å²) in [4.78, 5) is 24.6. The summed E-state index contributed by atoms with van der Waals surface area (Å²) in [6.07, 6.45) is 10.8. The van der Waals surface area contributed by atoms with Gasteiger partial charge in [-0.2, -0.15) is 0 Å². The van der Waals surface area contributed by atoms with E-state index >= 15 is 0 Å². The molecule has 2 atom stereocenters. The number of likely N-dealkylation sites (tertiary alicyclic amines) is 1. The van der Waals surface area contributed by atoms with Crippen LogP contribution in [0.4, 0.5) is 0 Å². The Morgan fingerprint density at radius 3 is 2.72 bits per heavy atom. The van der Waals surface area contributed by atoms with Crippen molar-refractivity contribution in [2.24, 2.45) is 0 Å². The second kappa shape index (κ2) is 7.83. The summed E-state index contributed by atoms with van der Waals surface area (Å²) >= 11 is 0. The minimum Gasteiger partial charge on any atom is -0.340 e. The van der Waals surface area contributed by atoms with E-state index in [1.165, 1.54) is 44.3 Å². The molecule has 3 saturated heterocycles. The van der Waals surface area contributed by atoms with Crippen LogP contribution in [0.2, 0.25) is 0 Å². The van der Waals surface area contributed by atoms with Crippen molar-refractivity contribution in [3.05, 3.63) is 30.1 Å². The summed E-state index contributed by atoms with van der Waals surface area (Å²) in [5, 5.41) is 0. The average molecular weight is 342 g/mol. The predicted octanol–water partition coefficient (Wildman–Crippen LogP) is 2.13. The van der Waals surface area contributed by atoms with Gasteiger partial charge in [0.2, 0.25) is 5.91 Å². The molecular formula is C20H30N4O. The normalized spacial score (nSPS) is 28.6. The number of pyridine rings is 1. The number of hydrogen-bond donors (Lipinski definition) is 0. The van der Waals surface area contributed by atoms with Gasteiger partial charge in [-0.05, 0) is 62.9 Å². The number of aromatic nitrogens is 1. The summed E-state index contributed by atoms with van der Waals surface area (Å²) in [6.45, 7) is 6.17. The summed E-state index contributed by atoms with van der Waals surface area (Å²) < 4.78 is 0. The molecule has 25 heavy (non-hydrogen) atoms. The molecule has 3 aliphatic rings. The molecule has 0 saturated carbocycles. The number of hydrogen-bond acceptors (Lipinski definition) is 4. The summed E-state index contributed by atoms with van der Waals surface area (Å²) in [5.41, 5.74) is 1.26. The van der Waals surface area contributed by atoms with Crippen LogP contribution in [0.1, 0.15) is 44.1 Å². The maximum Gasteiger partial charge on any atom is 0.239 e. The highest BCUT2D eigenvalue weighted by Gasteiger charge is 2.36. The van der Waals surface area contributed by atoms with E-state index in [-0.39, 0.29) is 6.04 Å². The quantitative estimate of drug-likeness (QED) is 0.844. The third kappa shape index (κ3) is 3.87. The lowest BCUT2D eigenvalue weighted by atomic mass is 9.99. The number of nitrogens with zero attached hydrogens (tertiary/aromatic N) is 4. The zero-order valence-corrected chi connectivity index (χ0v) is 15.1. The minimum atomic E-state index is 0.0647. The number of fused-ring (bicyclic) bond motifs is 1. The zero-order chi connectivity index (χ0) is 17.1. The van der Waals surface area contributed by atoms with Crippen molar-refractivity contribution in [3.63, 3.8) is 0 Å². The van der Waals surface area contributed by atoms with Gasteiger partial charge in [0.25, 0.3) is 0 Å². The molecule has 136 valence electrons. The molecule has 5 heteroatoms. The number of carbonyl (C=O) groups is 1. The minimum absolute atomic E-state index is 0.0647. The van der Waals surface area contributed by atoms with Gasteiger partial charge in [-0.3, -0.25) is 19.6 Å². The van der Waals surface area contributed by atoms with Gasteiger partial charge >= 0.3 is 0 Å². The third-order valence-corrected chi connectivity index (χ3v) is 6.15. The smallest absolute Gasteiger partial charge is 0.239 e. The van der Waals surface area contributed by atoms with Crippen molar-refractivity contribution in [3.8, 4) is 0 Å². The fourth-order valence-electron chi connectivity index (χ4n) is 4.80. The van der Waals surface area contributed by atoms with Crippen molar-refractivity contribution in [1.82, 2.24) is 19.7 Å². The summed E-state index contributed by atoms with van der Waals surface area (Å²) in [5.74, 6) is 0.377. The van der Waals surface area contributed by atoms with Crippen LogP contribution in [-0.2, 0) is 11.3 Å². The van der Waals surface area contributed by atoms with Gasteiger partial charge in [-0.15, -0.1) is 0 Å². The van der Waals surface area contributed by atoms with Gasteiger partial charge in [0.05, 0.1) is 6.04 Å². The molecule has 1 aromatic rings. The Balaban J connectivity index is 1.44. The Morgan fingerprint density at radius 2 is 1.84 bits per heavy atom. The van der Waals surface area contributed by atoms with E-state index in [9.17, 15) is 4.79 Å². The first-order chi connectivity index (χ1) is 12.3. The molecule has 0 spiro atoms. The van der Waals surface area contributed by atoms with Crippen molar-refractivity contribution >= 4 is 5.91 Å². The predicted molar refractivity (Wildman–Crippen MR) is 98.1 cm³/mol. The Morgan fingerprint density at radius 1 is 1.00 bits per heavy atom. The van der Waals surface area contributed by atoms with Crippen LogP contribution in [0.15, 0.2) is 24.5 Å². The molecule has 1 aromatic heterocycles. The van der Waals surface area contributed by atoms with Crippen molar-refractivity contribution in [2.75, 3.05) is 32.7 Å². The highest BCUT2D eigenvalue weighted by Crippen LogP contribution is 2.25. The molecule has 1 amide bonds. The lowest BCUT2D eigenvalue weighted by molar-refractivity contribution is -0.138. The molecule has 0 bridgehead atoms. The number of carbonyl (C=O) groups excluding carboxylic acids is 1. The molecular weight excluding hydrogens is 312 g/mol. The van der Waals surface area contributed by atoms with Gasteiger partial charge in [0.15, 0.2) is 0 Å². The molecule has 3 fully saturated rings. The van der Waals surface area contributed by atoms with Crippen molar-refractivity contribution < 1.29 is 4.79 Å². The van der Waals surface area contributed by atoms with E-state index < -0.39 is 0 Å². The molecule has 5 nitrogen and oxygen atoms in total. The average Bonchev–Trinajstić information content (AvgIpc) is 2.99. The van der Waals surface area contributed by atoms with Crippen LogP contribution in [-0.4, -0.2) is 70.4 Å². The van der Waals surface area contributed by atoms with Crippen LogP contribution in [0, 0.1) is 0 Å². The lowest BCUT2D eigenvalue weighted by Gasteiger charge is -2.38. The molecule has 4 rings (SSSR count). The number of piperidine rings is 1. The van der Waals surface area contributed by atoms with E-state index in [2.05, 4.69) is 31.8 Å². The molecule has 0 N–H and O–H groups in total. The first-order valence-corrected chi connectivity index (χ1v) is 9.97. The van der Waals surface area contributed by atoms with Crippen LogP contribution in [0.5, 0.6) is 0 Å². The first-order valence-electron chi connectivity index (χ1n) is 9.97. The molecule has 4 heterocycles. The van der Waals surface area contributed by atoms with Gasteiger partial charge in [0, 0.05) is 44.6 Å². The highest BCUT2D eigenvalue weighted by atomic mass is 16.2. The Hall–Kier alpha value is -1.46. The van der Waals surface area contributed by atoms with Crippen molar-refractivity contribution in [1.29, 1.82) is 0 Å². The Labute approximate surface area is 151 Å². The van der Waals surface area contributed by atoms with Crippen LogP contribution < -0.4 is 0 Å². The Kier molecular flexibility index (Phi) is 5.32. The van der Waals surface area contributed by atoms with E-state index in [0.717, 1.165) is 39.0 Å². The zero-order valence-electron chi connectivity index (χ0n) is 15.1. The largest absolute Gasteiger partial charge is 0.340 e. The first kappa shape index (κ1) is 17.0. The van der Waals surface area contributed by atoms with Crippen molar-refractivity contribution in [2.45, 2.75) is 57.2 Å².